The molecule has 2 aromatic carbocycles. The van der Waals surface area contributed by atoms with Gasteiger partial charge in [-0.05, 0) is 63.8 Å². The molecule has 0 atom stereocenters. The monoisotopic (exact) mass is 428 g/mol. The molecule has 0 heterocycles. The van der Waals surface area contributed by atoms with Gasteiger partial charge in [-0.2, -0.15) is 0 Å². The number of aromatic hydroxyl groups is 1. The van der Waals surface area contributed by atoms with E-state index in [1.807, 2.05) is 6.92 Å². The second kappa shape index (κ2) is 12.0. The van der Waals surface area contributed by atoms with Crippen molar-refractivity contribution in [3.8, 4) is 17.2 Å². The Kier molecular flexibility index (Phi) is 9.38. The predicted molar refractivity (Wildman–Crippen MR) is 120 cm³/mol. The molecule has 0 spiro atoms. The average molecular weight is 429 g/mol. The zero-order valence-corrected chi connectivity index (χ0v) is 18.6. The van der Waals surface area contributed by atoms with Crippen molar-refractivity contribution >= 4 is 11.8 Å². The summed E-state index contributed by atoms with van der Waals surface area (Å²) < 4.78 is 11.5. The third-order valence-electron chi connectivity index (χ3n) is 5.26. The second-order valence-electron chi connectivity index (χ2n) is 7.60. The van der Waals surface area contributed by atoms with Crippen LogP contribution < -0.4 is 9.47 Å². The third kappa shape index (κ3) is 6.74. The van der Waals surface area contributed by atoms with Crippen LogP contribution in [0.4, 0.5) is 0 Å². The molecule has 0 radical (unpaired) electrons. The molecule has 0 aliphatic rings. The molecule has 0 amide bonds. The van der Waals surface area contributed by atoms with Crippen molar-refractivity contribution in [3.63, 3.8) is 0 Å². The molecular formula is C25H32O6. The highest BCUT2D eigenvalue weighted by molar-refractivity contribution is 5.99. The first-order valence-corrected chi connectivity index (χ1v) is 10.8. The van der Waals surface area contributed by atoms with Crippen LogP contribution in [0, 0.1) is 13.8 Å². The van der Waals surface area contributed by atoms with E-state index in [1.54, 1.807) is 44.2 Å². The van der Waals surface area contributed by atoms with E-state index >= 15 is 0 Å². The smallest absolute Gasteiger partial charge is 0.336 e. The Bertz CT molecular complexity index is 903. The number of aromatic carboxylic acids is 1. The summed E-state index contributed by atoms with van der Waals surface area (Å²) in [7, 11) is 0. The van der Waals surface area contributed by atoms with Crippen LogP contribution >= 0.6 is 0 Å². The summed E-state index contributed by atoms with van der Waals surface area (Å²) in [5, 5.41) is 19.5. The van der Waals surface area contributed by atoms with E-state index in [-0.39, 0.29) is 17.1 Å². The molecule has 168 valence electrons. The molecule has 0 bridgehead atoms. The van der Waals surface area contributed by atoms with Crippen molar-refractivity contribution in [2.24, 2.45) is 0 Å². The SMILES string of the molecule is CCCCC(=O)c1ccc(OCCCCCOc2cccc(C(=O)O)c2C)c(C)c1O. The van der Waals surface area contributed by atoms with Gasteiger partial charge >= 0.3 is 5.97 Å². The number of unbranched alkanes of at least 4 members (excludes halogenated alkanes) is 3. The number of carboxylic acids is 1. The van der Waals surface area contributed by atoms with Crippen LogP contribution in [-0.2, 0) is 0 Å². The molecule has 0 aliphatic heterocycles. The fourth-order valence-corrected chi connectivity index (χ4v) is 3.28. The van der Waals surface area contributed by atoms with Crippen molar-refractivity contribution < 1.29 is 29.3 Å². The minimum Gasteiger partial charge on any atom is -0.507 e. The lowest BCUT2D eigenvalue weighted by atomic mass is 10.0. The molecule has 6 nitrogen and oxygen atoms in total. The van der Waals surface area contributed by atoms with Crippen molar-refractivity contribution in [1.29, 1.82) is 0 Å². The van der Waals surface area contributed by atoms with Gasteiger partial charge in [-0.25, -0.2) is 4.79 Å². The van der Waals surface area contributed by atoms with Gasteiger partial charge in [0, 0.05) is 17.5 Å². The first-order chi connectivity index (χ1) is 14.9. The molecular weight excluding hydrogens is 396 g/mol. The highest BCUT2D eigenvalue weighted by atomic mass is 16.5. The molecule has 0 saturated carbocycles. The predicted octanol–water partition coefficient (Wildman–Crippen LogP) is 5.71. The number of rotatable bonds is 13. The van der Waals surface area contributed by atoms with Gasteiger partial charge in [-0.1, -0.05) is 19.4 Å². The Balaban J connectivity index is 1.75. The maximum absolute atomic E-state index is 12.2. The molecule has 31 heavy (non-hydrogen) atoms. The molecule has 6 heteroatoms. The summed E-state index contributed by atoms with van der Waals surface area (Å²) >= 11 is 0. The molecule has 2 rings (SSSR count). The number of benzene rings is 2. The molecule has 0 saturated heterocycles. The summed E-state index contributed by atoms with van der Waals surface area (Å²) in [5.41, 5.74) is 1.82. The fourth-order valence-electron chi connectivity index (χ4n) is 3.28. The molecule has 2 N–H and O–H groups in total. The fraction of sp³-hybridized carbons (Fsp3) is 0.440. The Labute approximate surface area is 183 Å². The normalized spacial score (nSPS) is 10.7. The largest absolute Gasteiger partial charge is 0.507 e. The van der Waals surface area contributed by atoms with Crippen molar-refractivity contribution in [1.82, 2.24) is 0 Å². The van der Waals surface area contributed by atoms with Crippen LogP contribution in [-0.4, -0.2) is 35.2 Å². The number of carboxylic acid groups (broad SMARTS) is 1. The molecule has 0 aromatic heterocycles. The van der Waals surface area contributed by atoms with Gasteiger partial charge in [0.05, 0.1) is 24.3 Å². The second-order valence-corrected chi connectivity index (χ2v) is 7.60. The van der Waals surface area contributed by atoms with Crippen molar-refractivity contribution in [2.45, 2.75) is 59.3 Å². The lowest BCUT2D eigenvalue weighted by Crippen LogP contribution is -2.05. The van der Waals surface area contributed by atoms with Gasteiger partial charge in [0.2, 0.25) is 0 Å². The lowest BCUT2D eigenvalue weighted by Gasteiger charge is -2.13. The van der Waals surface area contributed by atoms with Crippen LogP contribution in [0.25, 0.3) is 0 Å². The van der Waals surface area contributed by atoms with E-state index in [0.717, 1.165) is 32.1 Å². The first-order valence-electron chi connectivity index (χ1n) is 10.8. The van der Waals surface area contributed by atoms with Crippen LogP contribution in [0.15, 0.2) is 30.3 Å². The Morgan fingerprint density at radius 1 is 0.839 bits per heavy atom. The maximum atomic E-state index is 12.2. The van der Waals surface area contributed by atoms with E-state index in [0.29, 0.717) is 47.8 Å². The van der Waals surface area contributed by atoms with Crippen molar-refractivity contribution in [2.75, 3.05) is 13.2 Å². The van der Waals surface area contributed by atoms with Gasteiger partial charge in [0.25, 0.3) is 0 Å². The Morgan fingerprint density at radius 2 is 1.48 bits per heavy atom. The minimum absolute atomic E-state index is 0.00552. The Hall–Kier alpha value is -3.02. The molecule has 0 fully saturated rings. The van der Waals surface area contributed by atoms with Crippen LogP contribution in [0.1, 0.15) is 77.3 Å². The standard InChI is InChI=1S/C25H32O6/c1-4-5-11-21(26)20-13-14-23(18(3)24(20)27)31-16-8-6-7-15-30-22-12-9-10-19(17(22)2)25(28)29/h9-10,12-14,27H,4-8,11,15-16H2,1-3H3,(H,28,29). The van der Waals surface area contributed by atoms with Gasteiger partial charge in [-0.3, -0.25) is 4.79 Å². The summed E-state index contributed by atoms with van der Waals surface area (Å²) in [6, 6.07) is 8.40. The minimum atomic E-state index is -0.959. The van der Waals surface area contributed by atoms with E-state index in [9.17, 15) is 14.7 Å². The van der Waals surface area contributed by atoms with Crippen molar-refractivity contribution in [3.05, 3.63) is 52.6 Å². The van der Waals surface area contributed by atoms with E-state index in [4.69, 9.17) is 14.6 Å². The number of hydrogen-bond donors (Lipinski definition) is 2. The van der Waals surface area contributed by atoms with Gasteiger partial charge in [-0.15, -0.1) is 0 Å². The lowest BCUT2D eigenvalue weighted by molar-refractivity contribution is 0.0695. The maximum Gasteiger partial charge on any atom is 0.336 e. The van der Waals surface area contributed by atoms with E-state index < -0.39 is 5.97 Å². The number of hydrogen-bond acceptors (Lipinski definition) is 5. The summed E-state index contributed by atoms with van der Waals surface area (Å²) in [6.07, 6.45) is 4.70. The Morgan fingerprint density at radius 3 is 2.10 bits per heavy atom. The number of ether oxygens (including phenoxy) is 2. The number of carbonyl (C=O) groups excluding carboxylic acids is 1. The number of phenolic OH excluding ortho intramolecular Hbond substituents is 1. The molecule has 0 unspecified atom stereocenters. The van der Waals surface area contributed by atoms with Crippen LogP contribution in [0.5, 0.6) is 17.2 Å². The number of carbonyl (C=O) groups is 2. The van der Waals surface area contributed by atoms with Crippen LogP contribution in [0.3, 0.4) is 0 Å². The van der Waals surface area contributed by atoms with E-state index in [1.165, 1.54) is 0 Å². The third-order valence-corrected chi connectivity index (χ3v) is 5.26. The number of ketones is 1. The number of Topliss-reactive ketones (excluding diaryl/α,β-unsaturated/α-hetero) is 1. The highest BCUT2D eigenvalue weighted by Gasteiger charge is 2.15. The first kappa shape index (κ1) is 24.3. The molecule has 2 aromatic rings. The highest BCUT2D eigenvalue weighted by Crippen LogP contribution is 2.31. The zero-order valence-electron chi connectivity index (χ0n) is 18.6. The quantitative estimate of drug-likeness (QED) is 0.314. The summed E-state index contributed by atoms with van der Waals surface area (Å²) in [5.74, 6) is 0.182. The van der Waals surface area contributed by atoms with Crippen LogP contribution in [0.2, 0.25) is 0 Å². The zero-order chi connectivity index (χ0) is 22.8. The number of phenols is 1. The molecule has 0 aliphatic carbocycles. The average Bonchev–Trinajstić information content (AvgIpc) is 2.75. The van der Waals surface area contributed by atoms with E-state index in [2.05, 4.69) is 0 Å². The summed E-state index contributed by atoms with van der Waals surface area (Å²) in [4.78, 5) is 23.4. The van der Waals surface area contributed by atoms with Gasteiger partial charge in [0.1, 0.15) is 17.2 Å². The van der Waals surface area contributed by atoms with Gasteiger partial charge < -0.3 is 19.7 Å². The van der Waals surface area contributed by atoms with Gasteiger partial charge in [0.15, 0.2) is 5.78 Å². The summed E-state index contributed by atoms with van der Waals surface area (Å²) in [6.45, 7) is 6.52. The topological polar surface area (TPSA) is 93.1 Å².